The Morgan fingerprint density at radius 1 is 1.44 bits per heavy atom. The highest BCUT2D eigenvalue weighted by atomic mass is 16.2. The fraction of sp³-hybridized carbons (Fsp3) is 0.727. The third kappa shape index (κ3) is 1.60. The molecule has 0 saturated heterocycles. The molecule has 1 heterocycles. The standard InChI is InChI=1S/C11H16N4O/c1-6-12-10(15-14-6)11(16)13-9-5-7-2-3-8(9)4-7/h7-9H,2-5H2,1H3,(H,13,16)(H,12,14,15). The maximum Gasteiger partial charge on any atom is 0.291 e. The average Bonchev–Trinajstić information content (AvgIpc) is 2.92. The summed E-state index contributed by atoms with van der Waals surface area (Å²) in [5.41, 5.74) is 0. The summed E-state index contributed by atoms with van der Waals surface area (Å²) in [4.78, 5) is 15.9. The second-order valence-electron chi connectivity index (χ2n) is 5.00. The van der Waals surface area contributed by atoms with E-state index in [1.54, 1.807) is 6.92 Å². The topological polar surface area (TPSA) is 70.7 Å². The maximum atomic E-state index is 11.8. The van der Waals surface area contributed by atoms with E-state index < -0.39 is 0 Å². The zero-order valence-electron chi connectivity index (χ0n) is 9.36. The van der Waals surface area contributed by atoms with Gasteiger partial charge in [-0.25, -0.2) is 4.98 Å². The lowest BCUT2D eigenvalue weighted by Gasteiger charge is -2.21. The molecule has 1 aromatic rings. The number of carbonyl (C=O) groups is 1. The lowest BCUT2D eigenvalue weighted by atomic mass is 9.95. The van der Waals surface area contributed by atoms with Gasteiger partial charge in [-0.15, -0.1) is 5.10 Å². The van der Waals surface area contributed by atoms with Gasteiger partial charge in [0, 0.05) is 6.04 Å². The number of carbonyl (C=O) groups excluding carboxylic acids is 1. The van der Waals surface area contributed by atoms with E-state index in [2.05, 4.69) is 20.5 Å². The quantitative estimate of drug-likeness (QED) is 0.782. The first-order valence-corrected chi connectivity index (χ1v) is 5.92. The van der Waals surface area contributed by atoms with Crippen molar-refractivity contribution in [3.8, 4) is 0 Å². The van der Waals surface area contributed by atoms with E-state index in [0.717, 1.165) is 12.3 Å². The van der Waals surface area contributed by atoms with Crippen molar-refractivity contribution in [3.05, 3.63) is 11.6 Å². The summed E-state index contributed by atoms with van der Waals surface area (Å²) >= 11 is 0. The normalized spacial score (nSPS) is 31.9. The Morgan fingerprint density at radius 3 is 2.88 bits per heavy atom. The number of rotatable bonds is 2. The van der Waals surface area contributed by atoms with Gasteiger partial charge in [0.15, 0.2) is 0 Å². The maximum absolute atomic E-state index is 11.8. The minimum atomic E-state index is -0.137. The molecule has 1 amide bonds. The van der Waals surface area contributed by atoms with Crippen LogP contribution in [0.25, 0.3) is 0 Å². The van der Waals surface area contributed by atoms with Crippen LogP contribution in [0.5, 0.6) is 0 Å². The molecule has 0 aromatic carbocycles. The summed E-state index contributed by atoms with van der Waals surface area (Å²) in [5.74, 6) is 2.33. The molecule has 2 aliphatic rings. The number of fused-ring (bicyclic) bond motifs is 2. The molecule has 2 aliphatic carbocycles. The predicted molar refractivity (Wildman–Crippen MR) is 57.8 cm³/mol. The van der Waals surface area contributed by atoms with E-state index in [1.807, 2.05) is 0 Å². The van der Waals surface area contributed by atoms with Gasteiger partial charge in [-0.1, -0.05) is 6.42 Å². The Morgan fingerprint density at radius 2 is 2.31 bits per heavy atom. The highest BCUT2D eigenvalue weighted by molar-refractivity contribution is 5.90. The Hall–Kier alpha value is -1.39. The van der Waals surface area contributed by atoms with Gasteiger partial charge in [0.25, 0.3) is 5.91 Å². The summed E-state index contributed by atoms with van der Waals surface area (Å²) in [5, 5.41) is 9.61. The number of H-pyrrole nitrogens is 1. The van der Waals surface area contributed by atoms with Crippen LogP contribution in [0.15, 0.2) is 0 Å². The Balaban J connectivity index is 1.65. The molecule has 16 heavy (non-hydrogen) atoms. The molecule has 5 nitrogen and oxygen atoms in total. The van der Waals surface area contributed by atoms with Crippen LogP contribution in [-0.2, 0) is 0 Å². The van der Waals surface area contributed by atoms with Crippen molar-refractivity contribution in [2.45, 2.75) is 38.6 Å². The molecular weight excluding hydrogens is 204 g/mol. The number of aromatic amines is 1. The van der Waals surface area contributed by atoms with Gasteiger partial charge in [-0.05, 0) is 38.0 Å². The second kappa shape index (κ2) is 3.57. The first kappa shape index (κ1) is 9.81. The molecular formula is C11H16N4O. The fourth-order valence-electron chi connectivity index (χ4n) is 3.10. The van der Waals surface area contributed by atoms with Crippen LogP contribution >= 0.6 is 0 Å². The highest BCUT2D eigenvalue weighted by Gasteiger charge is 2.40. The summed E-state index contributed by atoms with van der Waals surface area (Å²) in [6.07, 6.45) is 5.04. The fourth-order valence-corrected chi connectivity index (χ4v) is 3.10. The van der Waals surface area contributed by atoms with Gasteiger partial charge >= 0.3 is 0 Å². The molecule has 0 radical (unpaired) electrons. The Kier molecular flexibility index (Phi) is 2.19. The minimum absolute atomic E-state index is 0.137. The van der Waals surface area contributed by atoms with Crippen molar-refractivity contribution in [2.75, 3.05) is 0 Å². The second-order valence-corrected chi connectivity index (χ2v) is 5.00. The Bertz CT molecular complexity index is 414. The first-order valence-electron chi connectivity index (χ1n) is 5.92. The number of amides is 1. The van der Waals surface area contributed by atoms with Crippen LogP contribution in [0.1, 0.15) is 42.1 Å². The lowest BCUT2D eigenvalue weighted by Crippen LogP contribution is -2.38. The van der Waals surface area contributed by atoms with Crippen molar-refractivity contribution >= 4 is 5.91 Å². The molecule has 3 unspecified atom stereocenters. The average molecular weight is 220 g/mol. The summed E-state index contributed by atoms with van der Waals surface area (Å²) in [7, 11) is 0. The Labute approximate surface area is 94.0 Å². The summed E-state index contributed by atoms with van der Waals surface area (Å²) in [6.45, 7) is 1.79. The van der Waals surface area contributed by atoms with Gasteiger partial charge in [-0.3, -0.25) is 9.89 Å². The van der Waals surface area contributed by atoms with E-state index in [-0.39, 0.29) is 11.7 Å². The highest BCUT2D eigenvalue weighted by Crippen LogP contribution is 2.44. The molecule has 1 aromatic heterocycles. The van der Waals surface area contributed by atoms with Crippen LogP contribution in [0, 0.1) is 18.8 Å². The molecule has 0 spiro atoms. The molecule has 86 valence electrons. The number of aryl methyl sites for hydroxylation is 1. The third-order valence-corrected chi connectivity index (χ3v) is 3.85. The SMILES string of the molecule is Cc1nc(C(=O)NC2CC3CCC2C3)n[nH]1. The van der Waals surface area contributed by atoms with Gasteiger partial charge in [-0.2, -0.15) is 0 Å². The smallest absolute Gasteiger partial charge is 0.291 e. The van der Waals surface area contributed by atoms with Gasteiger partial charge in [0.2, 0.25) is 5.82 Å². The zero-order chi connectivity index (χ0) is 11.1. The number of hydrogen-bond acceptors (Lipinski definition) is 3. The van der Waals surface area contributed by atoms with Crippen molar-refractivity contribution in [3.63, 3.8) is 0 Å². The largest absolute Gasteiger partial charge is 0.346 e. The monoisotopic (exact) mass is 220 g/mol. The van der Waals surface area contributed by atoms with E-state index >= 15 is 0 Å². The summed E-state index contributed by atoms with van der Waals surface area (Å²) < 4.78 is 0. The van der Waals surface area contributed by atoms with Crippen molar-refractivity contribution < 1.29 is 4.79 Å². The molecule has 5 heteroatoms. The lowest BCUT2D eigenvalue weighted by molar-refractivity contribution is 0.0912. The number of nitrogens with zero attached hydrogens (tertiary/aromatic N) is 2. The zero-order valence-corrected chi connectivity index (χ0v) is 9.36. The summed E-state index contributed by atoms with van der Waals surface area (Å²) in [6, 6.07) is 0.352. The molecule has 2 bridgehead atoms. The molecule has 2 saturated carbocycles. The predicted octanol–water partition coefficient (Wildman–Crippen LogP) is 1.03. The third-order valence-electron chi connectivity index (χ3n) is 3.85. The van der Waals surface area contributed by atoms with Gasteiger partial charge in [0.05, 0.1) is 0 Å². The van der Waals surface area contributed by atoms with E-state index in [1.165, 1.54) is 19.3 Å². The molecule has 3 atom stereocenters. The van der Waals surface area contributed by atoms with Crippen LogP contribution in [0.2, 0.25) is 0 Å². The molecule has 2 N–H and O–H groups in total. The van der Waals surface area contributed by atoms with E-state index in [9.17, 15) is 4.79 Å². The molecule has 0 aliphatic heterocycles. The molecule has 3 rings (SSSR count). The molecule has 2 fully saturated rings. The van der Waals surface area contributed by atoms with Crippen molar-refractivity contribution in [1.82, 2.24) is 20.5 Å². The number of nitrogens with one attached hydrogen (secondary N) is 2. The minimum Gasteiger partial charge on any atom is -0.346 e. The number of hydrogen-bond donors (Lipinski definition) is 2. The first-order chi connectivity index (χ1) is 7.72. The van der Waals surface area contributed by atoms with Gasteiger partial charge < -0.3 is 5.32 Å². The van der Waals surface area contributed by atoms with E-state index in [4.69, 9.17) is 0 Å². The van der Waals surface area contributed by atoms with Crippen molar-refractivity contribution in [2.24, 2.45) is 11.8 Å². The van der Waals surface area contributed by atoms with Crippen LogP contribution in [0.4, 0.5) is 0 Å². The van der Waals surface area contributed by atoms with Crippen LogP contribution in [0.3, 0.4) is 0 Å². The van der Waals surface area contributed by atoms with Crippen molar-refractivity contribution in [1.29, 1.82) is 0 Å². The van der Waals surface area contributed by atoms with Crippen LogP contribution < -0.4 is 5.32 Å². The van der Waals surface area contributed by atoms with Gasteiger partial charge in [0.1, 0.15) is 5.82 Å². The number of aromatic nitrogens is 3. The van der Waals surface area contributed by atoms with Crippen LogP contribution in [-0.4, -0.2) is 27.1 Å². The van der Waals surface area contributed by atoms with E-state index in [0.29, 0.717) is 17.8 Å².